The zero-order valence-corrected chi connectivity index (χ0v) is 13.2. The minimum absolute atomic E-state index is 0.0191. The molecule has 0 spiro atoms. The van der Waals surface area contributed by atoms with Gasteiger partial charge >= 0.3 is 0 Å². The van der Waals surface area contributed by atoms with E-state index in [0.29, 0.717) is 24.7 Å². The van der Waals surface area contributed by atoms with Crippen LogP contribution in [0.15, 0.2) is 54.9 Å². The van der Waals surface area contributed by atoms with Gasteiger partial charge in [-0.15, -0.1) is 0 Å². The monoisotopic (exact) mass is 319 g/mol. The summed E-state index contributed by atoms with van der Waals surface area (Å²) >= 11 is 0. The fourth-order valence-electron chi connectivity index (χ4n) is 2.91. The van der Waals surface area contributed by atoms with Crippen molar-refractivity contribution in [3.63, 3.8) is 0 Å². The van der Waals surface area contributed by atoms with Crippen LogP contribution in [0, 0.1) is 0 Å². The molecular formula is C18H17N5O. The summed E-state index contributed by atoms with van der Waals surface area (Å²) in [4.78, 5) is 29.7. The van der Waals surface area contributed by atoms with E-state index >= 15 is 0 Å². The van der Waals surface area contributed by atoms with Gasteiger partial charge in [0.05, 0.1) is 5.52 Å². The van der Waals surface area contributed by atoms with E-state index in [-0.39, 0.29) is 5.91 Å². The second-order valence-electron chi connectivity index (χ2n) is 5.72. The Morgan fingerprint density at radius 1 is 0.875 bits per heavy atom. The normalized spacial score (nSPS) is 14.8. The molecule has 2 aromatic heterocycles. The summed E-state index contributed by atoms with van der Waals surface area (Å²) < 4.78 is 0. The topological polar surface area (TPSA) is 62.2 Å². The number of anilines is 1. The first-order valence-corrected chi connectivity index (χ1v) is 7.98. The molecule has 1 fully saturated rings. The summed E-state index contributed by atoms with van der Waals surface area (Å²) in [7, 11) is 0. The van der Waals surface area contributed by atoms with E-state index in [1.54, 1.807) is 24.5 Å². The third kappa shape index (κ3) is 2.78. The molecular weight excluding hydrogens is 302 g/mol. The third-order valence-electron chi connectivity index (χ3n) is 4.22. The number of pyridine rings is 1. The zero-order chi connectivity index (χ0) is 16.4. The highest BCUT2D eigenvalue weighted by atomic mass is 16.2. The zero-order valence-electron chi connectivity index (χ0n) is 13.2. The Bertz CT molecular complexity index is 859. The van der Waals surface area contributed by atoms with Gasteiger partial charge in [-0.25, -0.2) is 15.0 Å². The van der Waals surface area contributed by atoms with Crippen molar-refractivity contribution < 1.29 is 4.79 Å². The van der Waals surface area contributed by atoms with Crippen LogP contribution in [0.1, 0.15) is 10.5 Å². The van der Waals surface area contributed by atoms with Crippen LogP contribution in [0.5, 0.6) is 0 Å². The Balaban J connectivity index is 1.47. The molecule has 1 aliphatic heterocycles. The highest BCUT2D eigenvalue weighted by Crippen LogP contribution is 2.15. The molecule has 24 heavy (non-hydrogen) atoms. The van der Waals surface area contributed by atoms with Crippen molar-refractivity contribution in [1.82, 2.24) is 19.9 Å². The number of amides is 1. The molecule has 0 unspecified atom stereocenters. The van der Waals surface area contributed by atoms with Gasteiger partial charge in [0.2, 0.25) is 5.95 Å². The minimum Gasteiger partial charge on any atom is -0.337 e. The Morgan fingerprint density at radius 2 is 1.62 bits per heavy atom. The molecule has 1 aromatic carbocycles. The van der Waals surface area contributed by atoms with Crippen molar-refractivity contribution >= 4 is 22.8 Å². The summed E-state index contributed by atoms with van der Waals surface area (Å²) in [6.07, 6.45) is 3.47. The van der Waals surface area contributed by atoms with Crippen LogP contribution in [0.3, 0.4) is 0 Å². The number of rotatable bonds is 2. The molecule has 6 nitrogen and oxygen atoms in total. The van der Waals surface area contributed by atoms with E-state index in [1.165, 1.54) is 0 Å². The number of fused-ring (bicyclic) bond motifs is 1. The Morgan fingerprint density at radius 3 is 2.42 bits per heavy atom. The van der Waals surface area contributed by atoms with Gasteiger partial charge in [0.1, 0.15) is 5.69 Å². The van der Waals surface area contributed by atoms with Crippen molar-refractivity contribution in [2.45, 2.75) is 0 Å². The van der Waals surface area contributed by atoms with Crippen molar-refractivity contribution in [3.8, 4) is 0 Å². The molecule has 1 saturated heterocycles. The van der Waals surface area contributed by atoms with Crippen LogP contribution < -0.4 is 4.90 Å². The highest BCUT2D eigenvalue weighted by Gasteiger charge is 2.24. The number of hydrogen-bond acceptors (Lipinski definition) is 5. The average molecular weight is 319 g/mol. The van der Waals surface area contributed by atoms with E-state index in [2.05, 4.69) is 19.9 Å². The molecule has 0 saturated carbocycles. The van der Waals surface area contributed by atoms with Crippen LogP contribution in [0.2, 0.25) is 0 Å². The lowest BCUT2D eigenvalue weighted by Gasteiger charge is -2.34. The molecule has 6 heteroatoms. The molecule has 0 bridgehead atoms. The van der Waals surface area contributed by atoms with Gasteiger partial charge in [-0.2, -0.15) is 0 Å². The number of piperazine rings is 1. The molecule has 1 aliphatic rings. The fraction of sp³-hybridized carbons (Fsp3) is 0.222. The number of hydrogen-bond donors (Lipinski definition) is 0. The highest BCUT2D eigenvalue weighted by molar-refractivity contribution is 5.95. The van der Waals surface area contributed by atoms with Crippen LogP contribution in [-0.2, 0) is 0 Å². The molecule has 3 aromatic rings. The lowest BCUT2D eigenvalue weighted by atomic mass is 10.2. The van der Waals surface area contributed by atoms with Crippen molar-refractivity contribution in [3.05, 3.63) is 60.6 Å². The molecule has 3 heterocycles. The van der Waals surface area contributed by atoms with Crippen molar-refractivity contribution in [2.24, 2.45) is 0 Å². The lowest BCUT2D eigenvalue weighted by molar-refractivity contribution is 0.0740. The molecule has 0 radical (unpaired) electrons. The predicted octanol–water partition coefficient (Wildman–Crippen LogP) is 1.99. The lowest BCUT2D eigenvalue weighted by Crippen LogP contribution is -2.49. The molecule has 120 valence electrons. The molecule has 1 amide bonds. The predicted molar refractivity (Wildman–Crippen MR) is 91.9 cm³/mol. The number of nitrogens with zero attached hydrogens (tertiary/aromatic N) is 5. The number of para-hydroxylation sites is 1. The first-order chi connectivity index (χ1) is 11.8. The fourth-order valence-corrected chi connectivity index (χ4v) is 2.91. The van der Waals surface area contributed by atoms with Gasteiger partial charge in [0, 0.05) is 44.0 Å². The van der Waals surface area contributed by atoms with Gasteiger partial charge in [-0.3, -0.25) is 4.79 Å². The second kappa shape index (κ2) is 6.23. The van der Waals surface area contributed by atoms with Gasteiger partial charge in [0.15, 0.2) is 0 Å². The first-order valence-electron chi connectivity index (χ1n) is 7.98. The van der Waals surface area contributed by atoms with Gasteiger partial charge in [-0.1, -0.05) is 24.3 Å². The van der Waals surface area contributed by atoms with Crippen molar-refractivity contribution in [1.29, 1.82) is 0 Å². The third-order valence-corrected chi connectivity index (χ3v) is 4.22. The van der Waals surface area contributed by atoms with Crippen LogP contribution in [0.25, 0.3) is 10.9 Å². The van der Waals surface area contributed by atoms with Crippen LogP contribution in [0.4, 0.5) is 5.95 Å². The number of benzene rings is 1. The second-order valence-corrected chi connectivity index (χ2v) is 5.72. The maximum Gasteiger partial charge on any atom is 0.272 e. The summed E-state index contributed by atoms with van der Waals surface area (Å²) in [6, 6.07) is 13.4. The maximum absolute atomic E-state index is 12.7. The first kappa shape index (κ1) is 14.6. The largest absolute Gasteiger partial charge is 0.337 e. The van der Waals surface area contributed by atoms with E-state index < -0.39 is 0 Å². The van der Waals surface area contributed by atoms with Gasteiger partial charge in [-0.05, 0) is 18.2 Å². The summed E-state index contributed by atoms with van der Waals surface area (Å²) in [5.41, 5.74) is 1.35. The quantitative estimate of drug-likeness (QED) is 0.723. The Hall–Kier alpha value is -3.02. The van der Waals surface area contributed by atoms with E-state index in [9.17, 15) is 4.79 Å². The van der Waals surface area contributed by atoms with E-state index in [1.807, 2.05) is 35.2 Å². The Kier molecular flexibility index (Phi) is 3.78. The molecule has 0 N–H and O–H groups in total. The van der Waals surface area contributed by atoms with Crippen LogP contribution in [-0.4, -0.2) is 51.9 Å². The average Bonchev–Trinajstić information content (AvgIpc) is 2.68. The Labute approximate surface area is 139 Å². The van der Waals surface area contributed by atoms with Gasteiger partial charge < -0.3 is 9.80 Å². The number of carbonyl (C=O) groups is 1. The van der Waals surface area contributed by atoms with Crippen LogP contribution >= 0.6 is 0 Å². The summed E-state index contributed by atoms with van der Waals surface area (Å²) in [6.45, 7) is 2.74. The van der Waals surface area contributed by atoms with Gasteiger partial charge in [0.25, 0.3) is 5.91 Å². The summed E-state index contributed by atoms with van der Waals surface area (Å²) in [5, 5.41) is 1.04. The van der Waals surface area contributed by atoms with E-state index in [4.69, 9.17) is 0 Å². The molecule has 0 atom stereocenters. The van der Waals surface area contributed by atoms with E-state index in [0.717, 1.165) is 24.0 Å². The number of aromatic nitrogens is 3. The summed E-state index contributed by atoms with van der Waals surface area (Å²) in [5.74, 6) is 0.697. The van der Waals surface area contributed by atoms with Crippen molar-refractivity contribution in [2.75, 3.05) is 31.1 Å². The molecule has 0 aliphatic carbocycles. The molecule has 4 rings (SSSR count). The number of carbonyl (C=O) groups excluding carboxylic acids is 1. The maximum atomic E-state index is 12.7. The standard InChI is InChI=1S/C18H17N5O/c24-17(16-7-6-14-4-1-2-5-15(14)21-16)22-10-12-23(13-11-22)18-19-8-3-9-20-18/h1-9H,10-13H2. The smallest absolute Gasteiger partial charge is 0.272 e. The SMILES string of the molecule is O=C(c1ccc2ccccc2n1)N1CCN(c2ncccn2)CC1. The minimum atomic E-state index is -0.0191.